The molecule has 3 rings (SSSR count). The maximum Gasteiger partial charge on any atom is 0.343 e. The quantitative estimate of drug-likeness (QED) is 0.181. The van der Waals surface area contributed by atoms with Gasteiger partial charge in [0.25, 0.3) is 0 Å². The van der Waals surface area contributed by atoms with Crippen LogP contribution < -0.4 is 9.47 Å². The summed E-state index contributed by atoms with van der Waals surface area (Å²) in [6.07, 6.45) is -7.15. The molecular formula is C19H20O11. The summed E-state index contributed by atoms with van der Waals surface area (Å²) in [5.41, 5.74) is -0.204. The van der Waals surface area contributed by atoms with Crippen molar-refractivity contribution in [1.82, 2.24) is 0 Å². The average molecular weight is 424 g/mol. The monoisotopic (exact) mass is 424 g/mol. The van der Waals surface area contributed by atoms with E-state index in [1.54, 1.807) is 0 Å². The molecule has 11 nitrogen and oxygen atoms in total. The van der Waals surface area contributed by atoms with Gasteiger partial charge in [-0.2, -0.15) is 0 Å². The van der Waals surface area contributed by atoms with E-state index in [2.05, 4.69) is 0 Å². The zero-order valence-electron chi connectivity index (χ0n) is 15.3. The van der Waals surface area contributed by atoms with Crippen molar-refractivity contribution in [3.63, 3.8) is 0 Å². The van der Waals surface area contributed by atoms with Gasteiger partial charge < -0.3 is 50.0 Å². The Bertz CT molecular complexity index is 873. The number of carbonyl (C=O) groups is 1. The van der Waals surface area contributed by atoms with Crippen molar-refractivity contribution in [2.75, 3.05) is 6.61 Å². The van der Waals surface area contributed by atoms with Crippen molar-refractivity contribution in [2.24, 2.45) is 0 Å². The van der Waals surface area contributed by atoms with Crippen molar-refractivity contribution >= 4 is 5.97 Å². The van der Waals surface area contributed by atoms with Gasteiger partial charge in [-0.1, -0.05) is 0 Å². The smallest absolute Gasteiger partial charge is 0.343 e. The number of benzene rings is 2. The molecule has 2 aromatic rings. The maximum atomic E-state index is 12.1. The standard InChI is InChI=1S/C19H20O11/c20-7-13-15(24)16(25)17(26)19(30-13)29-10-3-1-9(2-4-10)28-18(27)8-5-11(21)14(23)12(22)6-8/h1-6,13,15-17,19-26H,7H2/t13-,15-,16+,17-,19-/m1/s1. The van der Waals surface area contributed by atoms with Crippen molar-refractivity contribution in [2.45, 2.75) is 30.7 Å². The number of hydrogen-bond acceptors (Lipinski definition) is 11. The zero-order valence-corrected chi connectivity index (χ0v) is 15.3. The first kappa shape index (κ1) is 21.6. The zero-order chi connectivity index (χ0) is 22.0. The number of aliphatic hydroxyl groups is 4. The number of rotatable bonds is 5. The Morgan fingerprint density at radius 2 is 1.47 bits per heavy atom. The van der Waals surface area contributed by atoms with Gasteiger partial charge in [0.1, 0.15) is 35.9 Å². The molecule has 11 heteroatoms. The molecule has 0 unspecified atom stereocenters. The Morgan fingerprint density at radius 3 is 2.03 bits per heavy atom. The Balaban J connectivity index is 1.66. The van der Waals surface area contributed by atoms with E-state index >= 15 is 0 Å². The summed E-state index contributed by atoms with van der Waals surface area (Å²) in [4.78, 5) is 12.1. The molecule has 162 valence electrons. The van der Waals surface area contributed by atoms with Crippen LogP contribution in [-0.2, 0) is 4.74 Å². The lowest BCUT2D eigenvalue weighted by molar-refractivity contribution is -0.277. The first-order valence-electron chi connectivity index (χ1n) is 8.75. The topological polar surface area (TPSA) is 186 Å². The summed E-state index contributed by atoms with van der Waals surface area (Å²) in [6.45, 7) is -0.595. The lowest BCUT2D eigenvalue weighted by Gasteiger charge is -2.39. The van der Waals surface area contributed by atoms with Gasteiger partial charge in [0.05, 0.1) is 12.2 Å². The largest absolute Gasteiger partial charge is 0.504 e. The van der Waals surface area contributed by atoms with Gasteiger partial charge in [0.15, 0.2) is 17.2 Å². The summed E-state index contributed by atoms with van der Waals surface area (Å²) in [5.74, 6) is -2.81. The highest BCUT2D eigenvalue weighted by Gasteiger charge is 2.44. The third-order valence-electron chi connectivity index (χ3n) is 4.44. The molecule has 1 aliphatic rings. The minimum Gasteiger partial charge on any atom is -0.504 e. The van der Waals surface area contributed by atoms with E-state index < -0.39 is 60.5 Å². The molecule has 0 bridgehead atoms. The lowest BCUT2D eigenvalue weighted by atomic mass is 9.99. The molecule has 0 amide bonds. The number of aromatic hydroxyl groups is 3. The van der Waals surface area contributed by atoms with Gasteiger partial charge in [0.2, 0.25) is 6.29 Å². The molecule has 2 aromatic carbocycles. The van der Waals surface area contributed by atoms with Crippen LogP contribution in [0.15, 0.2) is 36.4 Å². The minimum absolute atomic E-state index is 0.0770. The summed E-state index contributed by atoms with van der Waals surface area (Å²) < 4.78 is 15.7. The maximum absolute atomic E-state index is 12.1. The van der Waals surface area contributed by atoms with Crippen molar-refractivity contribution in [3.05, 3.63) is 42.0 Å². The van der Waals surface area contributed by atoms with Gasteiger partial charge in [-0.25, -0.2) is 4.79 Å². The van der Waals surface area contributed by atoms with E-state index in [-0.39, 0.29) is 17.1 Å². The number of aliphatic hydroxyl groups excluding tert-OH is 4. The fraction of sp³-hybridized carbons (Fsp3) is 0.316. The van der Waals surface area contributed by atoms with Crippen LogP contribution in [0.2, 0.25) is 0 Å². The second kappa shape index (κ2) is 8.73. The number of ether oxygens (including phenoxy) is 3. The second-order valence-electron chi connectivity index (χ2n) is 6.54. The number of carbonyl (C=O) groups excluding carboxylic acids is 1. The highest BCUT2D eigenvalue weighted by atomic mass is 16.7. The predicted octanol–water partition coefficient (Wildman–Crippen LogP) is -0.799. The molecule has 0 spiro atoms. The second-order valence-corrected chi connectivity index (χ2v) is 6.54. The Kier molecular flexibility index (Phi) is 6.29. The van der Waals surface area contributed by atoms with E-state index in [0.717, 1.165) is 12.1 Å². The van der Waals surface area contributed by atoms with E-state index in [4.69, 9.17) is 14.2 Å². The molecular weight excluding hydrogens is 404 g/mol. The Labute approximate surface area is 169 Å². The molecule has 1 fully saturated rings. The number of hydrogen-bond donors (Lipinski definition) is 7. The van der Waals surface area contributed by atoms with Crippen molar-refractivity contribution in [3.8, 4) is 28.7 Å². The third-order valence-corrected chi connectivity index (χ3v) is 4.44. The molecule has 7 N–H and O–H groups in total. The van der Waals surface area contributed by atoms with Crippen LogP contribution in [0.25, 0.3) is 0 Å². The molecule has 30 heavy (non-hydrogen) atoms. The molecule has 5 atom stereocenters. The predicted molar refractivity (Wildman–Crippen MR) is 97.2 cm³/mol. The third kappa shape index (κ3) is 4.40. The number of phenols is 3. The molecule has 0 saturated carbocycles. The van der Waals surface area contributed by atoms with Crippen LogP contribution in [0.1, 0.15) is 10.4 Å². The molecule has 1 heterocycles. The molecule has 1 saturated heterocycles. The van der Waals surface area contributed by atoms with E-state index in [0.29, 0.717) is 0 Å². The SMILES string of the molecule is O=C(Oc1ccc(O[C@@H]2O[C@H](CO)[C@@H](O)[C@H](O)[C@H]2O)cc1)c1cc(O)c(O)c(O)c1. The fourth-order valence-corrected chi connectivity index (χ4v) is 2.77. The van der Waals surface area contributed by atoms with Crippen LogP contribution in [0.5, 0.6) is 28.7 Å². The molecule has 0 radical (unpaired) electrons. The highest BCUT2D eigenvalue weighted by Crippen LogP contribution is 2.35. The fourth-order valence-electron chi connectivity index (χ4n) is 2.77. The Morgan fingerprint density at radius 1 is 0.900 bits per heavy atom. The minimum atomic E-state index is -1.58. The van der Waals surface area contributed by atoms with Gasteiger partial charge in [-0.3, -0.25) is 0 Å². The van der Waals surface area contributed by atoms with Crippen molar-refractivity contribution < 1.29 is 54.8 Å². The van der Waals surface area contributed by atoms with E-state index in [9.17, 15) is 40.5 Å². The number of phenolic OH excluding ortho intramolecular Hbond substituents is 3. The number of esters is 1. The van der Waals surface area contributed by atoms with Gasteiger partial charge in [-0.05, 0) is 36.4 Å². The average Bonchev–Trinajstić information content (AvgIpc) is 2.73. The summed E-state index contributed by atoms with van der Waals surface area (Å²) in [5, 5.41) is 66.9. The summed E-state index contributed by atoms with van der Waals surface area (Å²) in [7, 11) is 0. The first-order chi connectivity index (χ1) is 14.2. The first-order valence-corrected chi connectivity index (χ1v) is 8.75. The van der Waals surface area contributed by atoms with Crippen molar-refractivity contribution in [1.29, 1.82) is 0 Å². The van der Waals surface area contributed by atoms with Gasteiger partial charge in [-0.15, -0.1) is 0 Å². The Hall–Kier alpha value is -3.09. The van der Waals surface area contributed by atoms with Crippen LogP contribution in [0, 0.1) is 0 Å². The summed E-state index contributed by atoms with van der Waals surface area (Å²) in [6, 6.07) is 7.28. The summed E-state index contributed by atoms with van der Waals surface area (Å²) >= 11 is 0. The normalized spacial score (nSPS) is 26.2. The highest BCUT2D eigenvalue weighted by molar-refractivity contribution is 5.92. The van der Waals surface area contributed by atoms with Crippen LogP contribution in [0.3, 0.4) is 0 Å². The van der Waals surface area contributed by atoms with Crippen LogP contribution in [-0.4, -0.2) is 79.0 Å². The van der Waals surface area contributed by atoms with Crippen LogP contribution in [0.4, 0.5) is 0 Å². The van der Waals surface area contributed by atoms with Crippen LogP contribution >= 0.6 is 0 Å². The molecule has 1 aliphatic heterocycles. The lowest BCUT2D eigenvalue weighted by Crippen LogP contribution is -2.60. The van der Waals surface area contributed by atoms with Gasteiger partial charge in [0, 0.05) is 0 Å². The van der Waals surface area contributed by atoms with E-state index in [1.165, 1.54) is 24.3 Å². The van der Waals surface area contributed by atoms with Gasteiger partial charge >= 0.3 is 5.97 Å². The van der Waals surface area contributed by atoms with E-state index in [1.807, 2.05) is 0 Å². The molecule has 0 aromatic heterocycles. The molecule has 0 aliphatic carbocycles.